The highest BCUT2D eigenvalue weighted by Gasteiger charge is 2.19. The zero-order valence-electron chi connectivity index (χ0n) is 16.3. The number of benzene rings is 1. The molecule has 27 heavy (non-hydrogen) atoms. The molecule has 0 aliphatic rings. The second-order valence-corrected chi connectivity index (χ2v) is 6.92. The highest BCUT2D eigenvalue weighted by atomic mass is 16.3. The molecule has 0 bridgehead atoms. The van der Waals surface area contributed by atoms with Crippen LogP contribution in [-0.4, -0.2) is 27.0 Å². The summed E-state index contributed by atoms with van der Waals surface area (Å²) >= 11 is 0. The number of aromatic nitrogens is 2. The number of aryl methyl sites for hydroxylation is 4. The Kier molecular flexibility index (Phi) is 5.19. The predicted octanol–water partition coefficient (Wildman–Crippen LogP) is 2.81. The van der Waals surface area contributed by atoms with Crippen LogP contribution in [0.15, 0.2) is 24.3 Å². The molecule has 0 radical (unpaired) electrons. The molecule has 2 heterocycles. The molecule has 0 fully saturated rings. The molecule has 0 spiro atoms. The smallest absolute Gasteiger partial charge is 0.250 e. The monoisotopic (exact) mass is 366 g/mol. The Morgan fingerprint density at radius 2 is 1.89 bits per heavy atom. The van der Waals surface area contributed by atoms with Crippen LogP contribution in [-0.2, 0) is 13.0 Å². The molecule has 1 amide bonds. The van der Waals surface area contributed by atoms with Gasteiger partial charge in [-0.1, -0.05) is 18.2 Å². The average molecular weight is 366 g/mol. The summed E-state index contributed by atoms with van der Waals surface area (Å²) in [6.45, 7) is 8.61. The lowest BCUT2D eigenvalue weighted by Crippen LogP contribution is -2.19. The average Bonchev–Trinajstić information content (AvgIpc) is 2.91. The van der Waals surface area contributed by atoms with Crippen molar-refractivity contribution in [2.75, 3.05) is 11.9 Å². The second kappa shape index (κ2) is 7.40. The minimum Gasteiger partial charge on any atom is -0.396 e. The number of rotatable bonds is 6. The van der Waals surface area contributed by atoms with E-state index >= 15 is 0 Å². The van der Waals surface area contributed by atoms with Crippen LogP contribution < -0.4 is 11.1 Å². The number of aliphatic hydroxyl groups excluding tert-OH is 1. The first kappa shape index (κ1) is 18.9. The van der Waals surface area contributed by atoms with Crippen LogP contribution in [0.3, 0.4) is 0 Å². The van der Waals surface area contributed by atoms with E-state index in [0.29, 0.717) is 24.2 Å². The van der Waals surface area contributed by atoms with Gasteiger partial charge in [0.05, 0.1) is 16.9 Å². The Labute approximate surface area is 159 Å². The first-order chi connectivity index (χ1) is 12.8. The summed E-state index contributed by atoms with van der Waals surface area (Å²) in [5.74, 6) is -0.513. The molecule has 4 N–H and O–H groups in total. The highest BCUT2D eigenvalue weighted by molar-refractivity contribution is 5.96. The number of pyridine rings is 1. The molecule has 6 nitrogen and oxygen atoms in total. The number of primary amides is 1. The Hall–Kier alpha value is -2.86. The van der Waals surface area contributed by atoms with Crippen molar-refractivity contribution < 1.29 is 9.90 Å². The lowest BCUT2D eigenvalue weighted by atomic mass is 10.0. The number of carbonyl (C=O) groups is 1. The van der Waals surface area contributed by atoms with Crippen molar-refractivity contribution in [3.63, 3.8) is 0 Å². The maximum Gasteiger partial charge on any atom is 0.250 e. The van der Waals surface area contributed by atoms with E-state index in [-0.39, 0.29) is 6.61 Å². The number of imidazole rings is 1. The quantitative estimate of drug-likeness (QED) is 0.625. The fraction of sp³-hybridized carbons (Fsp3) is 0.333. The van der Waals surface area contributed by atoms with Crippen molar-refractivity contribution in [2.24, 2.45) is 5.73 Å². The number of aliphatic hydroxyl groups is 1. The second-order valence-electron chi connectivity index (χ2n) is 6.92. The normalized spacial score (nSPS) is 11.1. The summed E-state index contributed by atoms with van der Waals surface area (Å²) in [5.41, 5.74) is 13.7. The van der Waals surface area contributed by atoms with Gasteiger partial charge in [0.15, 0.2) is 5.65 Å². The Bertz CT molecular complexity index is 1000. The van der Waals surface area contributed by atoms with Gasteiger partial charge in [-0.2, -0.15) is 0 Å². The molecule has 142 valence electrons. The van der Waals surface area contributed by atoms with Crippen LogP contribution >= 0.6 is 0 Å². The number of amides is 1. The Morgan fingerprint density at radius 1 is 1.22 bits per heavy atom. The van der Waals surface area contributed by atoms with Crippen LogP contribution in [0.2, 0.25) is 0 Å². The third kappa shape index (κ3) is 3.40. The maximum atomic E-state index is 12.1. The van der Waals surface area contributed by atoms with E-state index < -0.39 is 5.91 Å². The Balaban J connectivity index is 2.14. The minimum absolute atomic E-state index is 0.0682. The first-order valence-electron chi connectivity index (χ1n) is 9.06. The fourth-order valence-electron chi connectivity index (χ4n) is 3.54. The zero-order valence-corrected chi connectivity index (χ0v) is 16.3. The van der Waals surface area contributed by atoms with Crippen molar-refractivity contribution in [1.82, 2.24) is 9.38 Å². The van der Waals surface area contributed by atoms with Crippen molar-refractivity contribution in [2.45, 2.75) is 40.7 Å². The summed E-state index contributed by atoms with van der Waals surface area (Å²) in [5, 5.41) is 12.9. The molecule has 0 atom stereocenters. The summed E-state index contributed by atoms with van der Waals surface area (Å²) in [4.78, 5) is 16.8. The number of nitrogens with one attached hydrogen (secondary N) is 1. The van der Waals surface area contributed by atoms with Crippen molar-refractivity contribution in [1.29, 1.82) is 0 Å². The lowest BCUT2D eigenvalue weighted by molar-refractivity contribution is 0.0998. The van der Waals surface area contributed by atoms with E-state index in [1.807, 2.05) is 24.3 Å². The molecule has 1 aromatic carbocycles. The SMILES string of the molecule is Cc1cccc(C)c1CNc1cc(C(N)=O)c(CCO)n2c(C)c(C)nc12. The van der Waals surface area contributed by atoms with Crippen LogP contribution in [0.5, 0.6) is 0 Å². The lowest BCUT2D eigenvalue weighted by Gasteiger charge is -2.17. The molecule has 3 aromatic rings. The molecule has 0 aliphatic heterocycles. The van der Waals surface area contributed by atoms with Gasteiger partial charge in [-0.3, -0.25) is 9.20 Å². The van der Waals surface area contributed by atoms with E-state index in [1.165, 1.54) is 16.7 Å². The zero-order chi connectivity index (χ0) is 19.7. The minimum atomic E-state index is -0.513. The van der Waals surface area contributed by atoms with Gasteiger partial charge < -0.3 is 16.2 Å². The number of nitrogens with zero attached hydrogens (tertiary/aromatic N) is 2. The number of nitrogens with two attached hydrogens (primary N) is 1. The van der Waals surface area contributed by atoms with Gasteiger partial charge >= 0.3 is 0 Å². The number of hydrogen-bond donors (Lipinski definition) is 3. The molecule has 0 unspecified atom stereocenters. The van der Waals surface area contributed by atoms with Crippen LogP contribution in [0.1, 0.15) is 44.1 Å². The van der Waals surface area contributed by atoms with E-state index in [4.69, 9.17) is 5.73 Å². The standard InChI is InChI=1S/C21H26N4O2/c1-12-6-5-7-13(2)17(12)11-23-18-10-16(20(22)27)19(8-9-26)25-15(4)14(3)24-21(18)25/h5-7,10,23,26H,8-9,11H2,1-4H3,(H2,22,27). The summed E-state index contributed by atoms with van der Waals surface area (Å²) in [6, 6.07) is 7.97. The third-order valence-electron chi connectivity index (χ3n) is 5.17. The van der Waals surface area contributed by atoms with Crippen molar-refractivity contribution >= 4 is 17.2 Å². The number of hydrogen-bond acceptors (Lipinski definition) is 4. The summed E-state index contributed by atoms with van der Waals surface area (Å²) < 4.78 is 1.93. The largest absolute Gasteiger partial charge is 0.396 e. The van der Waals surface area contributed by atoms with Crippen molar-refractivity contribution in [3.8, 4) is 0 Å². The van der Waals surface area contributed by atoms with Gasteiger partial charge in [-0.15, -0.1) is 0 Å². The maximum absolute atomic E-state index is 12.1. The molecule has 0 saturated carbocycles. The molecule has 0 aliphatic carbocycles. The van der Waals surface area contributed by atoms with Crippen LogP contribution in [0, 0.1) is 27.7 Å². The molecular weight excluding hydrogens is 340 g/mol. The number of fused-ring (bicyclic) bond motifs is 1. The van der Waals surface area contributed by atoms with Gasteiger partial charge in [0, 0.05) is 31.0 Å². The van der Waals surface area contributed by atoms with Gasteiger partial charge in [-0.05, 0) is 50.5 Å². The fourth-order valence-corrected chi connectivity index (χ4v) is 3.54. The molecule has 2 aromatic heterocycles. The third-order valence-corrected chi connectivity index (χ3v) is 5.17. The van der Waals surface area contributed by atoms with Crippen LogP contribution in [0.4, 0.5) is 5.69 Å². The Morgan fingerprint density at radius 3 is 2.48 bits per heavy atom. The van der Waals surface area contributed by atoms with E-state index in [0.717, 1.165) is 22.7 Å². The van der Waals surface area contributed by atoms with E-state index in [9.17, 15) is 9.90 Å². The molecule has 0 saturated heterocycles. The number of carbonyl (C=O) groups excluding carboxylic acids is 1. The molecule has 3 rings (SSSR count). The summed E-state index contributed by atoms with van der Waals surface area (Å²) in [7, 11) is 0. The van der Waals surface area contributed by atoms with E-state index in [1.54, 1.807) is 6.07 Å². The van der Waals surface area contributed by atoms with Gasteiger partial charge in [0.2, 0.25) is 0 Å². The predicted molar refractivity (Wildman–Crippen MR) is 107 cm³/mol. The first-order valence-corrected chi connectivity index (χ1v) is 9.06. The molecular formula is C21H26N4O2. The topological polar surface area (TPSA) is 92.6 Å². The van der Waals surface area contributed by atoms with Gasteiger partial charge in [0.25, 0.3) is 5.91 Å². The number of anilines is 1. The van der Waals surface area contributed by atoms with Gasteiger partial charge in [-0.25, -0.2) is 4.98 Å². The van der Waals surface area contributed by atoms with Gasteiger partial charge in [0.1, 0.15) is 0 Å². The van der Waals surface area contributed by atoms with Crippen molar-refractivity contribution in [3.05, 3.63) is 63.6 Å². The molecule has 6 heteroatoms. The summed E-state index contributed by atoms with van der Waals surface area (Å²) in [6.07, 6.45) is 0.336. The van der Waals surface area contributed by atoms with Crippen LogP contribution in [0.25, 0.3) is 5.65 Å². The highest BCUT2D eigenvalue weighted by Crippen LogP contribution is 2.27. The van der Waals surface area contributed by atoms with E-state index in [2.05, 4.69) is 36.3 Å².